The Labute approximate surface area is 188 Å². The number of hydrogen-bond acceptors (Lipinski definition) is 6. The molecule has 28 heavy (non-hydrogen) atoms. The standard InChI is InChI=1S/2C8H18FN2O2.2BrH/c2*1-7(10)8(12)13-5-4-11(2,3)6-9;;/h2*7H,4-6,10H2,1-3H3;2*1H/q2*+1;;/p-2. The number of likely N-dealkylation sites (N-methyl/N-ethyl adjacent to an activating group) is 2. The SMILES string of the molecule is CC(N)C(=O)OCC[N+](C)(C)CF.CC(N)C(=O)OCC[N+](C)(C)CF.[Br-].[Br-]. The molecule has 0 amide bonds. The molecule has 0 aliphatic rings. The summed E-state index contributed by atoms with van der Waals surface area (Å²) in [7, 11) is 6.89. The lowest BCUT2D eigenvalue weighted by molar-refractivity contribution is -0.902. The molecule has 0 aromatic rings. The van der Waals surface area contributed by atoms with Crippen molar-refractivity contribution in [2.75, 3.05) is 68.1 Å². The fourth-order valence-electron chi connectivity index (χ4n) is 1.17. The minimum Gasteiger partial charge on any atom is -1.00 e. The normalized spacial score (nSPS) is 12.9. The second-order valence-electron chi connectivity index (χ2n) is 7.47. The number of rotatable bonds is 10. The Hall–Kier alpha value is -0.400. The van der Waals surface area contributed by atoms with Crippen molar-refractivity contribution in [3.05, 3.63) is 0 Å². The summed E-state index contributed by atoms with van der Waals surface area (Å²) < 4.78 is 34.5. The van der Waals surface area contributed by atoms with Gasteiger partial charge in [0.1, 0.15) is 38.4 Å². The molecule has 0 heterocycles. The van der Waals surface area contributed by atoms with Crippen molar-refractivity contribution < 1.29 is 70.8 Å². The minimum atomic E-state index is -0.610. The number of hydrogen-bond donors (Lipinski definition) is 2. The minimum absolute atomic E-state index is 0. The molecular weight excluding hydrogens is 510 g/mol. The molecule has 0 spiro atoms. The molecule has 2 atom stereocenters. The molecule has 0 aromatic heterocycles. The second kappa shape index (κ2) is 17.5. The fourth-order valence-corrected chi connectivity index (χ4v) is 1.17. The van der Waals surface area contributed by atoms with Gasteiger partial charge in [-0.1, -0.05) is 0 Å². The van der Waals surface area contributed by atoms with Crippen molar-refractivity contribution >= 4 is 11.9 Å². The molecule has 12 heteroatoms. The molecule has 0 aliphatic heterocycles. The third kappa shape index (κ3) is 20.3. The molecule has 0 fully saturated rings. The molecule has 0 radical (unpaired) electrons. The monoisotopic (exact) mass is 544 g/mol. The summed E-state index contributed by atoms with van der Waals surface area (Å²) in [6.07, 6.45) is 0. The fraction of sp³-hybridized carbons (Fsp3) is 0.875. The second-order valence-corrected chi connectivity index (χ2v) is 7.47. The van der Waals surface area contributed by atoms with Crippen molar-refractivity contribution in [2.45, 2.75) is 25.9 Å². The first kappa shape index (κ1) is 35.1. The largest absolute Gasteiger partial charge is 1.00 e. The van der Waals surface area contributed by atoms with Gasteiger partial charge in [0.05, 0.1) is 28.2 Å². The van der Waals surface area contributed by atoms with E-state index in [1.807, 2.05) is 0 Å². The lowest BCUT2D eigenvalue weighted by Gasteiger charge is -2.25. The van der Waals surface area contributed by atoms with Gasteiger partial charge in [0.25, 0.3) is 0 Å². The van der Waals surface area contributed by atoms with Crippen molar-refractivity contribution in [3.8, 4) is 0 Å². The van der Waals surface area contributed by atoms with Crippen LogP contribution in [0.5, 0.6) is 0 Å². The van der Waals surface area contributed by atoms with Crippen LogP contribution < -0.4 is 45.4 Å². The quantitative estimate of drug-likeness (QED) is 0.161. The molecule has 0 aromatic carbocycles. The van der Waals surface area contributed by atoms with E-state index in [0.29, 0.717) is 13.1 Å². The van der Waals surface area contributed by atoms with Gasteiger partial charge < -0.3 is 54.9 Å². The Morgan fingerprint density at radius 2 is 1.04 bits per heavy atom. The maximum absolute atomic E-state index is 12.3. The Balaban J connectivity index is -0.000000192. The van der Waals surface area contributed by atoms with Gasteiger partial charge in [-0.05, 0) is 13.8 Å². The highest BCUT2D eigenvalue weighted by Gasteiger charge is 2.17. The number of carbonyl (C=O) groups excluding carboxylic acids is 2. The number of nitrogens with zero attached hydrogens (tertiary/aromatic N) is 2. The van der Waals surface area contributed by atoms with Crippen LogP contribution in [0.1, 0.15) is 13.8 Å². The molecular formula is C16H36Br2F2N4O4. The van der Waals surface area contributed by atoms with E-state index in [9.17, 15) is 18.4 Å². The Kier molecular flexibility index (Phi) is 21.9. The van der Waals surface area contributed by atoms with Gasteiger partial charge in [-0.2, -0.15) is 8.78 Å². The summed E-state index contributed by atoms with van der Waals surface area (Å²) in [6, 6.07) is -1.22. The molecule has 8 nitrogen and oxygen atoms in total. The van der Waals surface area contributed by atoms with Gasteiger partial charge in [0.15, 0.2) is 0 Å². The number of esters is 2. The summed E-state index contributed by atoms with van der Waals surface area (Å²) >= 11 is 0. The van der Waals surface area contributed by atoms with Crippen molar-refractivity contribution in [1.29, 1.82) is 0 Å². The zero-order chi connectivity index (χ0) is 21.0. The molecule has 0 rings (SSSR count). The molecule has 0 bridgehead atoms. The predicted octanol–water partition coefficient (Wildman–Crippen LogP) is -6.23. The van der Waals surface area contributed by atoms with Crippen molar-refractivity contribution in [1.82, 2.24) is 0 Å². The predicted molar refractivity (Wildman–Crippen MR) is 95.1 cm³/mol. The first-order chi connectivity index (χ1) is 11.8. The maximum Gasteiger partial charge on any atom is 0.322 e. The van der Waals surface area contributed by atoms with E-state index in [0.717, 1.165) is 0 Å². The van der Waals surface area contributed by atoms with Gasteiger partial charge in [0, 0.05) is 0 Å². The van der Waals surface area contributed by atoms with Crippen LogP contribution in [-0.2, 0) is 19.1 Å². The smallest absolute Gasteiger partial charge is 0.322 e. The summed E-state index contributed by atoms with van der Waals surface area (Å²) in [5.41, 5.74) is 10.5. The van der Waals surface area contributed by atoms with E-state index < -0.39 is 37.6 Å². The lowest BCUT2D eigenvalue weighted by atomic mass is 10.4. The number of ether oxygens (including phenoxy) is 2. The molecule has 2 unspecified atom stereocenters. The zero-order valence-corrected chi connectivity index (χ0v) is 20.8. The number of halogens is 4. The first-order valence-electron chi connectivity index (χ1n) is 8.38. The number of nitrogens with two attached hydrogens (primary N) is 2. The zero-order valence-electron chi connectivity index (χ0n) is 17.6. The van der Waals surface area contributed by atoms with Crippen LogP contribution in [0.25, 0.3) is 0 Å². The molecule has 4 N–H and O–H groups in total. The molecule has 172 valence electrons. The van der Waals surface area contributed by atoms with Crippen molar-refractivity contribution in [3.63, 3.8) is 0 Å². The van der Waals surface area contributed by atoms with Crippen LogP contribution in [0.3, 0.4) is 0 Å². The number of quaternary nitrogens is 2. The number of alkyl halides is 2. The maximum atomic E-state index is 12.3. The topological polar surface area (TPSA) is 105 Å². The van der Waals surface area contributed by atoms with Crippen LogP contribution in [-0.4, -0.2) is 101 Å². The third-order valence-corrected chi connectivity index (χ3v) is 3.27. The van der Waals surface area contributed by atoms with E-state index in [2.05, 4.69) is 0 Å². The van der Waals surface area contributed by atoms with E-state index in [4.69, 9.17) is 20.9 Å². The average Bonchev–Trinajstić information content (AvgIpc) is 2.54. The Morgan fingerprint density at radius 1 is 0.786 bits per heavy atom. The van der Waals surface area contributed by atoms with E-state index in [-0.39, 0.29) is 56.1 Å². The van der Waals surface area contributed by atoms with Crippen LogP contribution in [0, 0.1) is 0 Å². The summed E-state index contributed by atoms with van der Waals surface area (Å²) in [4.78, 5) is 21.7. The van der Waals surface area contributed by atoms with Gasteiger partial charge >= 0.3 is 11.9 Å². The Bertz CT molecular complexity index is 391. The lowest BCUT2D eigenvalue weighted by Crippen LogP contribution is -3.00. The highest BCUT2D eigenvalue weighted by molar-refractivity contribution is 5.75. The van der Waals surface area contributed by atoms with E-state index in [1.54, 1.807) is 42.0 Å². The molecule has 0 saturated carbocycles. The summed E-state index contributed by atoms with van der Waals surface area (Å²) in [6.45, 7) is 3.47. The summed E-state index contributed by atoms with van der Waals surface area (Å²) in [5, 5.41) is 0. The first-order valence-corrected chi connectivity index (χ1v) is 8.38. The van der Waals surface area contributed by atoms with Crippen LogP contribution in [0.15, 0.2) is 0 Å². The van der Waals surface area contributed by atoms with Crippen LogP contribution >= 0.6 is 0 Å². The van der Waals surface area contributed by atoms with Crippen molar-refractivity contribution in [2.24, 2.45) is 11.5 Å². The highest BCUT2D eigenvalue weighted by Crippen LogP contribution is 1.97. The van der Waals surface area contributed by atoms with Crippen LogP contribution in [0.2, 0.25) is 0 Å². The molecule has 0 saturated heterocycles. The van der Waals surface area contributed by atoms with Gasteiger partial charge in [0.2, 0.25) is 13.6 Å². The van der Waals surface area contributed by atoms with E-state index in [1.165, 1.54) is 0 Å². The van der Waals surface area contributed by atoms with Crippen LogP contribution in [0.4, 0.5) is 8.78 Å². The summed E-state index contributed by atoms with van der Waals surface area (Å²) in [5.74, 6) is -0.891. The van der Waals surface area contributed by atoms with Gasteiger partial charge in [-0.3, -0.25) is 18.6 Å². The molecule has 0 aliphatic carbocycles. The average molecular weight is 546 g/mol. The Morgan fingerprint density at radius 3 is 1.21 bits per heavy atom. The van der Waals surface area contributed by atoms with Gasteiger partial charge in [-0.15, -0.1) is 0 Å². The third-order valence-electron chi connectivity index (χ3n) is 3.27. The number of carbonyl (C=O) groups is 2. The highest BCUT2D eigenvalue weighted by atomic mass is 79.9. The van der Waals surface area contributed by atoms with Gasteiger partial charge in [-0.25, -0.2) is 0 Å². The van der Waals surface area contributed by atoms with E-state index >= 15 is 0 Å².